The molecule has 0 unspecified atom stereocenters. The van der Waals surface area contributed by atoms with Crippen LogP contribution >= 0.6 is 0 Å². The molecule has 0 aliphatic rings. The molecule has 0 N–H and O–H groups in total. The van der Waals surface area contributed by atoms with Gasteiger partial charge in [-0.2, -0.15) is 0 Å². The van der Waals surface area contributed by atoms with Crippen LogP contribution in [0.4, 0.5) is 0 Å². The van der Waals surface area contributed by atoms with Gasteiger partial charge >= 0.3 is 0 Å². The summed E-state index contributed by atoms with van der Waals surface area (Å²) in [6, 6.07) is 10.0. The van der Waals surface area contributed by atoms with Crippen LogP contribution in [0.1, 0.15) is 26.3 Å². The Labute approximate surface area is 106 Å². The average Bonchev–Trinajstić information content (AvgIpc) is 2.38. The van der Waals surface area contributed by atoms with E-state index in [2.05, 4.69) is 32.7 Å². The van der Waals surface area contributed by atoms with E-state index in [1.165, 1.54) is 5.57 Å². The van der Waals surface area contributed by atoms with Crippen LogP contribution in [0.25, 0.3) is 5.57 Å². The summed E-state index contributed by atoms with van der Waals surface area (Å²) >= 11 is 0. The molecule has 0 atom stereocenters. The van der Waals surface area contributed by atoms with Crippen LogP contribution in [0.15, 0.2) is 73.4 Å². The summed E-state index contributed by atoms with van der Waals surface area (Å²) in [7, 11) is 0. The van der Waals surface area contributed by atoms with Crippen LogP contribution in [-0.4, -0.2) is 0 Å². The average molecular weight is 226 g/mol. The molecule has 0 heteroatoms. The summed E-state index contributed by atoms with van der Waals surface area (Å²) in [5.74, 6) is 0. The Hall–Kier alpha value is -1.82. The summed E-state index contributed by atoms with van der Waals surface area (Å²) in [6.07, 6.45) is 3.82. The van der Waals surface area contributed by atoms with Gasteiger partial charge in [0.1, 0.15) is 0 Å². The zero-order valence-corrected chi connectivity index (χ0v) is 11.2. The molecule has 1 rings (SSSR count). The molecule has 0 fully saturated rings. The molecular weight excluding hydrogens is 204 g/mol. The number of benzene rings is 1. The monoisotopic (exact) mass is 226 g/mol. The minimum atomic E-state index is 0.973. The van der Waals surface area contributed by atoms with Gasteiger partial charge in [0, 0.05) is 0 Å². The molecule has 0 saturated heterocycles. The quantitative estimate of drug-likeness (QED) is 0.604. The molecule has 0 heterocycles. The maximum Gasteiger partial charge on any atom is -0.0190 e. The second-order valence-corrected chi connectivity index (χ2v) is 3.85. The Morgan fingerprint density at radius 3 is 1.88 bits per heavy atom. The van der Waals surface area contributed by atoms with Crippen molar-refractivity contribution in [3.8, 4) is 0 Å². The lowest BCUT2D eigenvalue weighted by Crippen LogP contribution is -1.74. The number of hydrogen-bond donors (Lipinski definition) is 0. The summed E-state index contributed by atoms with van der Waals surface area (Å²) in [5, 5.41) is 0. The fourth-order valence-corrected chi connectivity index (χ4v) is 1.02. The summed E-state index contributed by atoms with van der Waals surface area (Å²) in [6.45, 7) is 17.3. The first-order chi connectivity index (χ1) is 8.02. The topological polar surface area (TPSA) is 0 Å². The highest BCUT2D eigenvalue weighted by Gasteiger charge is 1.88. The summed E-state index contributed by atoms with van der Waals surface area (Å²) < 4.78 is 0. The van der Waals surface area contributed by atoms with Crippen LogP contribution in [0.3, 0.4) is 0 Å². The van der Waals surface area contributed by atoms with E-state index in [1.54, 1.807) is 6.08 Å². The van der Waals surface area contributed by atoms with E-state index in [1.807, 2.05) is 44.2 Å². The fraction of sp³-hybridized carbons (Fsp3) is 0.176. The lowest BCUT2D eigenvalue weighted by molar-refractivity contribution is 1.34. The predicted molar refractivity (Wildman–Crippen MR) is 79.9 cm³/mol. The SMILES string of the molecule is C=C(C)C(C)=CC.C=CC(=C)c1ccccc1. The van der Waals surface area contributed by atoms with Crippen LogP contribution in [0, 0.1) is 0 Å². The fourth-order valence-electron chi connectivity index (χ4n) is 1.02. The van der Waals surface area contributed by atoms with E-state index in [0.29, 0.717) is 0 Å². The van der Waals surface area contributed by atoms with Crippen LogP contribution in [0.2, 0.25) is 0 Å². The molecule has 0 nitrogen and oxygen atoms in total. The van der Waals surface area contributed by atoms with E-state index < -0.39 is 0 Å². The zero-order valence-electron chi connectivity index (χ0n) is 11.2. The molecule has 17 heavy (non-hydrogen) atoms. The molecule has 0 amide bonds. The molecular formula is C17H22. The first-order valence-electron chi connectivity index (χ1n) is 5.68. The largest absolute Gasteiger partial charge is 0.0985 e. The van der Waals surface area contributed by atoms with Gasteiger partial charge in [-0.25, -0.2) is 0 Å². The normalized spacial score (nSPS) is 9.94. The van der Waals surface area contributed by atoms with Crippen molar-refractivity contribution in [3.05, 3.63) is 78.9 Å². The Kier molecular flexibility index (Phi) is 7.45. The highest BCUT2D eigenvalue weighted by Crippen LogP contribution is 2.10. The Morgan fingerprint density at radius 2 is 1.59 bits per heavy atom. The van der Waals surface area contributed by atoms with Crippen molar-refractivity contribution in [2.75, 3.05) is 0 Å². The van der Waals surface area contributed by atoms with Gasteiger partial charge in [0.25, 0.3) is 0 Å². The van der Waals surface area contributed by atoms with Crippen molar-refractivity contribution in [3.63, 3.8) is 0 Å². The molecule has 1 aromatic carbocycles. The van der Waals surface area contributed by atoms with Gasteiger partial charge in [-0.3, -0.25) is 0 Å². The summed E-state index contributed by atoms with van der Waals surface area (Å²) in [4.78, 5) is 0. The van der Waals surface area contributed by atoms with E-state index in [-0.39, 0.29) is 0 Å². The highest BCUT2D eigenvalue weighted by molar-refractivity contribution is 5.71. The van der Waals surface area contributed by atoms with Crippen molar-refractivity contribution < 1.29 is 0 Å². The molecule has 0 aliphatic heterocycles. The minimum Gasteiger partial charge on any atom is -0.0985 e. The standard InChI is InChI=1S/C10H10.C7H12/c1-3-9(2)10-7-5-4-6-8-10;1-5-7(4)6(2)3/h3-8H,1-2H2;5H,2H2,1,3-4H3. The van der Waals surface area contributed by atoms with Crippen molar-refractivity contribution in [1.29, 1.82) is 0 Å². The second-order valence-electron chi connectivity index (χ2n) is 3.85. The number of rotatable bonds is 3. The van der Waals surface area contributed by atoms with E-state index in [4.69, 9.17) is 0 Å². The van der Waals surface area contributed by atoms with Crippen LogP contribution < -0.4 is 0 Å². The van der Waals surface area contributed by atoms with Gasteiger partial charge in [-0.15, -0.1) is 0 Å². The Bertz CT molecular complexity index is 405. The third-order valence-corrected chi connectivity index (χ3v) is 2.50. The Balaban J connectivity index is 0.000000325. The van der Waals surface area contributed by atoms with Gasteiger partial charge < -0.3 is 0 Å². The molecule has 0 bridgehead atoms. The van der Waals surface area contributed by atoms with E-state index in [0.717, 1.165) is 16.7 Å². The van der Waals surface area contributed by atoms with E-state index in [9.17, 15) is 0 Å². The molecule has 0 saturated carbocycles. The van der Waals surface area contributed by atoms with Gasteiger partial charge in [0.15, 0.2) is 0 Å². The molecule has 0 radical (unpaired) electrons. The second kappa shape index (κ2) is 8.35. The van der Waals surface area contributed by atoms with Gasteiger partial charge in [-0.05, 0) is 31.9 Å². The highest BCUT2D eigenvalue weighted by atomic mass is 13.9. The number of allylic oxidation sites excluding steroid dienone is 5. The lowest BCUT2D eigenvalue weighted by atomic mass is 10.1. The number of hydrogen-bond acceptors (Lipinski definition) is 0. The van der Waals surface area contributed by atoms with Gasteiger partial charge in [0.05, 0.1) is 0 Å². The maximum absolute atomic E-state index is 3.83. The summed E-state index contributed by atoms with van der Waals surface area (Å²) in [5.41, 5.74) is 4.54. The molecule has 1 aromatic rings. The van der Waals surface area contributed by atoms with Crippen LogP contribution in [0.5, 0.6) is 0 Å². The first-order valence-corrected chi connectivity index (χ1v) is 5.68. The first kappa shape index (κ1) is 15.2. The predicted octanol–water partition coefficient (Wildman–Crippen LogP) is 5.41. The molecule has 0 aromatic heterocycles. The minimum absolute atomic E-state index is 0.973. The molecule has 0 aliphatic carbocycles. The third-order valence-electron chi connectivity index (χ3n) is 2.50. The maximum atomic E-state index is 3.83. The van der Waals surface area contributed by atoms with Crippen molar-refractivity contribution >= 4 is 5.57 Å². The van der Waals surface area contributed by atoms with Gasteiger partial charge in [-0.1, -0.05) is 73.4 Å². The van der Waals surface area contributed by atoms with Crippen LogP contribution in [-0.2, 0) is 0 Å². The lowest BCUT2D eigenvalue weighted by Gasteiger charge is -1.96. The van der Waals surface area contributed by atoms with Crippen molar-refractivity contribution in [2.45, 2.75) is 20.8 Å². The Morgan fingerprint density at radius 1 is 1.06 bits per heavy atom. The van der Waals surface area contributed by atoms with Crippen molar-refractivity contribution in [2.24, 2.45) is 0 Å². The molecule has 90 valence electrons. The van der Waals surface area contributed by atoms with E-state index >= 15 is 0 Å². The van der Waals surface area contributed by atoms with Gasteiger partial charge in [0.2, 0.25) is 0 Å². The smallest absolute Gasteiger partial charge is 0.0190 e. The zero-order chi connectivity index (χ0) is 13.3. The molecule has 0 spiro atoms. The third kappa shape index (κ3) is 6.36. The van der Waals surface area contributed by atoms with Crippen molar-refractivity contribution in [1.82, 2.24) is 0 Å².